The first kappa shape index (κ1) is 14.4. The number of nitrogen functional groups attached to an aromatic ring is 1. The van der Waals surface area contributed by atoms with E-state index < -0.39 is 11.9 Å². The number of hydrogen-bond donors (Lipinski definition) is 3. The molecule has 0 unspecified atom stereocenters. The number of carboxylic acids is 2. The molecular formula is C15H13NO5. The number of carboxylic acid groups (broad SMARTS) is 2. The third-order valence-electron chi connectivity index (χ3n) is 2.86. The van der Waals surface area contributed by atoms with Gasteiger partial charge in [0.15, 0.2) is 0 Å². The summed E-state index contributed by atoms with van der Waals surface area (Å²) in [6, 6.07) is 10.6. The van der Waals surface area contributed by atoms with E-state index in [0.717, 1.165) is 5.56 Å². The normalized spacial score (nSPS) is 10.1. The summed E-state index contributed by atoms with van der Waals surface area (Å²) in [5.74, 6) is -1.64. The van der Waals surface area contributed by atoms with E-state index >= 15 is 0 Å². The van der Waals surface area contributed by atoms with E-state index in [9.17, 15) is 9.59 Å². The fourth-order valence-corrected chi connectivity index (χ4v) is 1.74. The first-order valence-corrected chi connectivity index (χ1v) is 6.05. The summed E-state index contributed by atoms with van der Waals surface area (Å²) in [6.45, 7) is 0.228. The van der Waals surface area contributed by atoms with E-state index in [1.807, 2.05) is 0 Å². The Bertz CT molecular complexity index is 679. The number of nitrogens with two attached hydrogens (primary N) is 1. The summed E-state index contributed by atoms with van der Waals surface area (Å²) in [5.41, 5.74) is 6.76. The Labute approximate surface area is 120 Å². The standard InChI is InChI=1S/C15H13NO5/c16-13-7-11(5-6-12(13)15(19)20)21-8-9-1-3-10(4-2-9)14(17)18/h1-7H,8,16H2,(H,17,18)(H,19,20). The van der Waals surface area contributed by atoms with Crippen molar-refractivity contribution in [3.63, 3.8) is 0 Å². The summed E-state index contributed by atoms with van der Waals surface area (Å²) in [6.07, 6.45) is 0. The van der Waals surface area contributed by atoms with Crippen molar-refractivity contribution in [1.29, 1.82) is 0 Å². The molecule has 108 valence electrons. The maximum Gasteiger partial charge on any atom is 0.337 e. The molecule has 0 saturated carbocycles. The molecule has 0 aromatic heterocycles. The molecule has 0 atom stereocenters. The number of aromatic carboxylic acids is 2. The van der Waals surface area contributed by atoms with Gasteiger partial charge in [-0.3, -0.25) is 0 Å². The van der Waals surface area contributed by atoms with Gasteiger partial charge in [-0.2, -0.15) is 0 Å². The molecule has 0 fully saturated rings. The topological polar surface area (TPSA) is 110 Å². The minimum absolute atomic E-state index is 0.0214. The van der Waals surface area contributed by atoms with Gasteiger partial charge in [-0.05, 0) is 29.8 Å². The van der Waals surface area contributed by atoms with Crippen LogP contribution in [0, 0.1) is 0 Å². The van der Waals surface area contributed by atoms with Gasteiger partial charge in [0.1, 0.15) is 12.4 Å². The fraction of sp³-hybridized carbons (Fsp3) is 0.0667. The molecular weight excluding hydrogens is 274 g/mol. The maximum absolute atomic E-state index is 10.8. The second-order valence-corrected chi connectivity index (χ2v) is 4.34. The van der Waals surface area contributed by atoms with Crippen molar-refractivity contribution in [1.82, 2.24) is 0 Å². The highest BCUT2D eigenvalue weighted by molar-refractivity contribution is 5.93. The van der Waals surface area contributed by atoms with Crippen LogP contribution in [0.4, 0.5) is 5.69 Å². The molecule has 2 aromatic rings. The third kappa shape index (κ3) is 3.50. The zero-order valence-electron chi connectivity index (χ0n) is 10.9. The molecule has 0 aliphatic rings. The van der Waals surface area contributed by atoms with Gasteiger partial charge in [-0.25, -0.2) is 9.59 Å². The monoisotopic (exact) mass is 287 g/mol. The minimum atomic E-state index is -1.09. The summed E-state index contributed by atoms with van der Waals surface area (Å²) in [4.78, 5) is 21.6. The van der Waals surface area contributed by atoms with Crippen molar-refractivity contribution in [2.24, 2.45) is 0 Å². The number of benzene rings is 2. The van der Waals surface area contributed by atoms with Crippen LogP contribution in [0.25, 0.3) is 0 Å². The molecule has 2 rings (SSSR count). The molecule has 2 aromatic carbocycles. The summed E-state index contributed by atoms with van der Waals surface area (Å²) in [7, 11) is 0. The SMILES string of the molecule is Nc1cc(OCc2ccc(C(=O)O)cc2)ccc1C(=O)O. The molecule has 0 bridgehead atoms. The van der Waals surface area contributed by atoms with Gasteiger partial charge >= 0.3 is 11.9 Å². The van der Waals surface area contributed by atoms with E-state index in [1.54, 1.807) is 12.1 Å². The lowest BCUT2D eigenvalue weighted by Crippen LogP contribution is -2.03. The first-order chi connectivity index (χ1) is 9.97. The lowest BCUT2D eigenvalue weighted by Gasteiger charge is -2.08. The summed E-state index contributed by atoms with van der Waals surface area (Å²) >= 11 is 0. The molecule has 0 heterocycles. The van der Waals surface area contributed by atoms with Gasteiger partial charge in [0.2, 0.25) is 0 Å². The molecule has 0 aliphatic carbocycles. The average molecular weight is 287 g/mol. The largest absolute Gasteiger partial charge is 0.489 e. The highest BCUT2D eigenvalue weighted by atomic mass is 16.5. The quantitative estimate of drug-likeness (QED) is 0.727. The van der Waals surface area contributed by atoms with E-state index in [2.05, 4.69) is 0 Å². The van der Waals surface area contributed by atoms with Crippen molar-refractivity contribution < 1.29 is 24.5 Å². The van der Waals surface area contributed by atoms with Crippen LogP contribution in [0.3, 0.4) is 0 Å². The van der Waals surface area contributed by atoms with Gasteiger partial charge in [0, 0.05) is 11.8 Å². The Balaban J connectivity index is 2.04. The predicted octanol–water partition coefficient (Wildman–Crippen LogP) is 2.24. The molecule has 21 heavy (non-hydrogen) atoms. The molecule has 0 radical (unpaired) electrons. The van der Waals surface area contributed by atoms with Gasteiger partial charge in [0.05, 0.1) is 11.1 Å². The number of ether oxygens (including phenoxy) is 1. The summed E-state index contributed by atoms with van der Waals surface area (Å²) in [5, 5.41) is 17.7. The third-order valence-corrected chi connectivity index (χ3v) is 2.86. The number of anilines is 1. The van der Waals surface area contributed by atoms with Gasteiger partial charge < -0.3 is 20.7 Å². The predicted molar refractivity (Wildman–Crippen MR) is 75.5 cm³/mol. The van der Waals surface area contributed by atoms with Crippen LogP contribution in [-0.4, -0.2) is 22.2 Å². The van der Waals surface area contributed by atoms with Crippen molar-refractivity contribution >= 4 is 17.6 Å². The lowest BCUT2D eigenvalue weighted by molar-refractivity contribution is 0.0686. The van der Waals surface area contributed by atoms with Crippen LogP contribution in [0.15, 0.2) is 42.5 Å². The van der Waals surface area contributed by atoms with Crippen molar-refractivity contribution in [3.05, 3.63) is 59.2 Å². The Morgan fingerprint density at radius 3 is 2.19 bits per heavy atom. The van der Waals surface area contributed by atoms with Crippen LogP contribution in [0.5, 0.6) is 5.75 Å². The summed E-state index contributed by atoms with van der Waals surface area (Å²) < 4.78 is 5.49. The molecule has 6 heteroatoms. The molecule has 4 N–H and O–H groups in total. The second kappa shape index (κ2) is 5.96. The van der Waals surface area contributed by atoms with Gasteiger partial charge in [-0.1, -0.05) is 12.1 Å². The van der Waals surface area contributed by atoms with Gasteiger partial charge in [-0.15, -0.1) is 0 Å². The molecule has 6 nitrogen and oxygen atoms in total. The minimum Gasteiger partial charge on any atom is -0.489 e. The van der Waals surface area contributed by atoms with E-state index in [4.69, 9.17) is 20.7 Å². The van der Waals surface area contributed by atoms with Crippen LogP contribution in [0.1, 0.15) is 26.3 Å². The zero-order valence-corrected chi connectivity index (χ0v) is 10.9. The fourth-order valence-electron chi connectivity index (χ4n) is 1.74. The Morgan fingerprint density at radius 2 is 1.67 bits per heavy atom. The average Bonchev–Trinajstić information content (AvgIpc) is 2.45. The van der Waals surface area contributed by atoms with E-state index in [-0.39, 0.29) is 23.4 Å². The molecule has 0 amide bonds. The smallest absolute Gasteiger partial charge is 0.337 e. The van der Waals surface area contributed by atoms with Crippen molar-refractivity contribution in [2.45, 2.75) is 6.61 Å². The molecule has 0 saturated heterocycles. The van der Waals surface area contributed by atoms with Crippen LogP contribution in [-0.2, 0) is 6.61 Å². The second-order valence-electron chi connectivity index (χ2n) is 4.34. The Hall–Kier alpha value is -3.02. The van der Waals surface area contributed by atoms with Crippen LogP contribution < -0.4 is 10.5 Å². The van der Waals surface area contributed by atoms with Crippen molar-refractivity contribution in [3.8, 4) is 5.75 Å². The van der Waals surface area contributed by atoms with E-state index in [1.165, 1.54) is 30.3 Å². The van der Waals surface area contributed by atoms with Crippen LogP contribution in [0.2, 0.25) is 0 Å². The lowest BCUT2D eigenvalue weighted by atomic mass is 10.1. The first-order valence-electron chi connectivity index (χ1n) is 6.05. The van der Waals surface area contributed by atoms with Crippen molar-refractivity contribution in [2.75, 3.05) is 5.73 Å². The number of carbonyl (C=O) groups is 2. The number of rotatable bonds is 5. The Morgan fingerprint density at radius 1 is 1.00 bits per heavy atom. The van der Waals surface area contributed by atoms with E-state index in [0.29, 0.717) is 5.75 Å². The molecule has 0 aliphatic heterocycles. The zero-order chi connectivity index (χ0) is 15.4. The number of hydrogen-bond acceptors (Lipinski definition) is 4. The maximum atomic E-state index is 10.8. The Kier molecular flexibility index (Phi) is 4.08. The highest BCUT2D eigenvalue weighted by Crippen LogP contribution is 2.21. The highest BCUT2D eigenvalue weighted by Gasteiger charge is 2.08. The van der Waals surface area contributed by atoms with Crippen LogP contribution >= 0.6 is 0 Å². The van der Waals surface area contributed by atoms with Gasteiger partial charge in [0.25, 0.3) is 0 Å². The molecule has 0 spiro atoms.